The summed E-state index contributed by atoms with van der Waals surface area (Å²) in [5, 5.41) is 0. The number of likely N-dealkylation sites (N-methyl/N-ethyl adjacent to an activating group) is 1. The van der Waals surface area contributed by atoms with E-state index < -0.39 is 20.2 Å². The quantitative estimate of drug-likeness (QED) is 0.597. The summed E-state index contributed by atoms with van der Waals surface area (Å²) in [4.78, 5) is 16.8. The number of carbonyl (C=O) groups is 1. The van der Waals surface area contributed by atoms with E-state index in [1.807, 2.05) is 7.05 Å². The Bertz CT molecular complexity index is 1060. The lowest BCUT2D eigenvalue weighted by Crippen LogP contribution is -2.57. The predicted molar refractivity (Wildman–Crippen MR) is 124 cm³/mol. The van der Waals surface area contributed by atoms with Crippen LogP contribution in [0.5, 0.6) is 0 Å². The summed E-state index contributed by atoms with van der Waals surface area (Å²) < 4.78 is 57.1. The Hall–Kier alpha value is -1.57. The van der Waals surface area contributed by atoms with Crippen molar-refractivity contribution in [2.45, 2.75) is 36.6 Å². The summed E-state index contributed by atoms with van der Waals surface area (Å²) in [6.07, 6.45) is 3.70. The average molecular weight is 500 g/mol. The largest absolute Gasteiger partial charge is 0.336 e. The molecular formula is C21H33N5O5S2. The van der Waals surface area contributed by atoms with Crippen LogP contribution < -0.4 is 4.72 Å². The summed E-state index contributed by atoms with van der Waals surface area (Å²) in [6.45, 7) is 3.32. The van der Waals surface area contributed by atoms with Crippen molar-refractivity contribution in [1.82, 2.24) is 23.1 Å². The number of sulfonamides is 1. The Morgan fingerprint density at radius 1 is 0.879 bits per heavy atom. The molecule has 0 spiro atoms. The van der Waals surface area contributed by atoms with E-state index in [2.05, 4.69) is 9.62 Å². The van der Waals surface area contributed by atoms with Crippen molar-refractivity contribution >= 4 is 26.1 Å². The number of amides is 1. The number of rotatable bonds is 6. The van der Waals surface area contributed by atoms with E-state index in [0.717, 1.165) is 25.7 Å². The van der Waals surface area contributed by atoms with Crippen LogP contribution >= 0.6 is 0 Å². The van der Waals surface area contributed by atoms with Gasteiger partial charge in [0.05, 0.1) is 4.90 Å². The van der Waals surface area contributed by atoms with Crippen molar-refractivity contribution in [1.29, 1.82) is 0 Å². The molecule has 2 heterocycles. The van der Waals surface area contributed by atoms with Crippen molar-refractivity contribution < 1.29 is 21.6 Å². The van der Waals surface area contributed by atoms with Gasteiger partial charge in [-0.15, -0.1) is 0 Å². The maximum atomic E-state index is 13.0. The third-order valence-electron chi connectivity index (χ3n) is 6.71. The molecule has 184 valence electrons. The summed E-state index contributed by atoms with van der Waals surface area (Å²) >= 11 is 0. The molecule has 1 aromatic carbocycles. The standard InChI is InChI=1S/C21H33N5O5S2/c1-23-9-13-25(14-10-23)33(30,31)26-15-11-24(12-16-26)21(27)18-5-4-8-20(17-18)32(28,29)22-19-6-2-3-7-19/h4-5,8,17,19,22H,2-3,6-7,9-16H2,1H3. The topological polar surface area (TPSA) is 110 Å². The van der Waals surface area contributed by atoms with Gasteiger partial charge >= 0.3 is 0 Å². The highest BCUT2D eigenvalue weighted by atomic mass is 32.2. The molecule has 1 N–H and O–H groups in total. The van der Waals surface area contributed by atoms with Crippen LogP contribution in [-0.2, 0) is 20.2 Å². The normalized spacial score (nSPS) is 22.6. The lowest BCUT2D eigenvalue weighted by molar-refractivity contribution is 0.0692. The maximum absolute atomic E-state index is 13.0. The molecular weight excluding hydrogens is 466 g/mol. The van der Waals surface area contributed by atoms with Gasteiger partial charge in [-0.25, -0.2) is 13.1 Å². The Labute approximate surface area is 196 Å². The zero-order valence-corrected chi connectivity index (χ0v) is 20.7. The SMILES string of the molecule is CN1CCN(S(=O)(=O)N2CCN(C(=O)c3cccc(S(=O)(=O)NC4CCCC4)c3)CC2)CC1. The van der Waals surface area contributed by atoms with E-state index in [9.17, 15) is 21.6 Å². The molecule has 0 bridgehead atoms. The summed E-state index contributed by atoms with van der Waals surface area (Å²) in [6, 6.07) is 6.03. The molecule has 0 unspecified atom stereocenters. The average Bonchev–Trinajstić information content (AvgIpc) is 3.31. The number of hydrogen-bond donors (Lipinski definition) is 1. The number of nitrogens with zero attached hydrogens (tertiary/aromatic N) is 4. The van der Waals surface area contributed by atoms with Crippen LogP contribution in [0.15, 0.2) is 29.2 Å². The molecule has 2 saturated heterocycles. The fraction of sp³-hybridized carbons (Fsp3) is 0.667. The highest BCUT2D eigenvalue weighted by Gasteiger charge is 2.35. The van der Waals surface area contributed by atoms with Gasteiger partial charge in [-0.1, -0.05) is 18.9 Å². The summed E-state index contributed by atoms with van der Waals surface area (Å²) in [7, 11) is -5.27. The molecule has 10 nitrogen and oxygen atoms in total. The van der Waals surface area contributed by atoms with Crippen molar-refractivity contribution in [3.8, 4) is 0 Å². The molecule has 3 fully saturated rings. The Balaban J connectivity index is 1.38. The van der Waals surface area contributed by atoms with Crippen LogP contribution in [0.4, 0.5) is 0 Å². The van der Waals surface area contributed by atoms with Crippen LogP contribution in [0.1, 0.15) is 36.0 Å². The van der Waals surface area contributed by atoms with Crippen LogP contribution in [0, 0.1) is 0 Å². The number of piperazine rings is 2. The van der Waals surface area contributed by atoms with Crippen molar-refractivity contribution in [2.75, 3.05) is 59.4 Å². The first-order valence-corrected chi connectivity index (χ1v) is 14.4. The molecule has 12 heteroatoms. The van der Waals surface area contributed by atoms with E-state index in [1.165, 1.54) is 20.7 Å². The number of benzene rings is 1. The first kappa shape index (κ1) is 24.6. The molecule has 2 aliphatic heterocycles. The Morgan fingerprint density at radius 3 is 2.06 bits per heavy atom. The minimum Gasteiger partial charge on any atom is -0.336 e. The zero-order chi connectivity index (χ0) is 23.6. The van der Waals surface area contributed by atoms with E-state index in [1.54, 1.807) is 17.0 Å². The van der Waals surface area contributed by atoms with Gasteiger partial charge in [0.1, 0.15) is 0 Å². The van der Waals surface area contributed by atoms with Gasteiger partial charge in [-0.05, 0) is 38.1 Å². The molecule has 0 radical (unpaired) electrons. The summed E-state index contributed by atoms with van der Waals surface area (Å²) in [5.41, 5.74) is 0.291. The fourth-order valence-corrected chi connectivity index (χ4v) is 7.54. The highest BCUT2D eigenvalue weighted by Crippen LogP contribution is 2.22. The van der Waals surface area contributed by atoms with Crippen molar-refractivity contribution in [3.05, 3.63) is 29.8 Å². The van der Waals surface area contributed by atoms with Gasteiger partial charge in [0.2, 0.25) is 10.0 Å². The number of nitrogens with one attached hydrogen (secondary N) is 1. The Kier molecular flexibility index (Phi) is 7.41. The van der Waals surface area contributed by atoms with E-state index in [0.29, 0.717) is 31.7 Å². The van der Waals surface area contributed by atoms with E-state index in [-0.39, 0.29) is 43.0 Å². The lowest BCUT2D eigenvalue weighted by Gasteiger charge is -2.39. The van der Waals surface area contributed by atoms with Gasteiger partial charge < -0.3 is 9.80 Å². The lowest BCUT2D eigenvalue weighted by atomic mass is 10.2. The predicted octanol–water partition coefficient (Wildman–Crippen LogP) is 0.158. The zero-order valence-electron chi connectivity index (χ0n) is 19.0. The van der Waals surface area contributed by atoms with Crippen molar-refractivity contribution in [2.24, 2.45) is 0 Å². The second-order valence-electron chi connectivity index (χ2n) is 9.03. The van der Waals surface area contributed by atoms with Crippen LogP contribution in [0.3, 0.4) is 0 Å². The van der Waals surface area contributed by atoms with Gasteiger partial charge in [0, 0.05) is 64.0 Å². The molecule has 1 amide bonds. The number of carbonyl (C=O) groups excluding carboxylic acids is 1. The fourth-order valence-electron chi connectivity index (χ4n) is 4.61. The first-order chi connectivity index (χ1) is 15.7. The smallest absolute Gasteiger partial charge is 0.282 e. The molecule has 3 aliphatic rings. The van der Waals surface area contributed by atoms with E-state index in [4.69, 9.17) is 0 Å². The van der Waals surface area contributed by atoms with Gasteiger partial charge in [0.15, 0.2) is 0 Å². The maximum Gasteiger partial charge on any atom is 0.282 e. The van der Waals surface area contributed by atoms with Crippen molar-refractivity contribution in [3.63, 3.8) is 0 Å². The third-order valence-corrected chi connectivity index (χ3v) is 10.3. The molecule has 4 rings (SSSR count). The minimum atomic E-state index is -3.69. The second kappa shape index (κ2) is 9.96. The first-order valence-electron chi connectivity index (χ1n) is 11.5. The van der Waals surface area contributed by atoms with Gasteiger partial charge in [-0.2, -0.15) is 17.0 Å². The Morgan fingerprint density at radius 2 is 1.45 bits per heavy atom. The van der Waals surface area contributed by atoms with Crippen LogP contribution in [0.2, 0.25) is 0 Å². The minimum absolute atomic E-state index is 0.0512. The van der Waals surface area contributed by atoms with Gasteiger partial charge in [-0.3, -0.25) is 4.79 Å². The molecule has 33 heavy (non-hydrogen) atoms. The highest BCUT2D eigenvalue weighted by molar-refractivity contribution is 7.89. The molecule has 1 aromatic rings. The molecule has 1 aliphatic carbocycles. The third kappa shape index (κ3) is 5.57. The monoisotopic (exact) mass is 499 g/mol. The molecule has 1 saturated carbocycles. The van der Waals surface area contributed by atoms with Crippen LogP contribution in [0.25, 0.3) is 0 Å². The van der Waals surface area contributed by atoms with E-state index >= 15 is 0 Å². The molecule has 0 aromatic heterocycles. The van der Waals surface area contributed by atoms with Crippen LogP contribution in [-0.4, -0.2) is 107 Å². The number of hydrogen-bond acceptors (Lipinski definition) is 6. The second-order valence-corrected chi connectivity index (χ2v) is 12.7. The van der Waals surface area contributed by atoms with Gasteiger partial charge in [0.25, 0.3) is 16.1 Å². The summed E-state index contributed by atoms with van der Waals surface area (Å²) in [5.74, 6) is -0.287. The molecule has 0 atom stereocenters.